The minimum atomic E-state index is -0.162. The summed E-state index contributed by atoms with van der Waals surface area (Å²) in [7, 11) is 0. The van der Waals surface area contributed by atoms with Gasteiger partial charge in [0.05, 0.1) is 11.2 Å². The Kier molecular flexibility index (Phi) is 6.47. The molecule has 0 spiro atoms. The number of nitrogens with two attached hydrogens (primary N) is 1. The van der Waals surface area contributed by atoms with Gasteiger partial charge in [0.2, 0.25) is 5.91 Å². The van der Waals surface area contributed by atoms with Crippen LogP contribution in [0, 0.1) is 18.8 Å². The molecular weight excluding hydrogens is 360 g/mol. The molecule has 29 heavy (non-hydrogen) atoms. The number of nitrogens with zero attached hydrogens (tertiary/aromatic N) is 2. The Bertz CT molecular complexity index is 1010. The van der Waals surface area contributed by atoms with Gasteiger partial charge in [-0.05, 0) is 61.1 Å². The zero-order valence-electron chi connectivity index (χ0n) is 17.7. The maximum Gasteiger partial charge on any atom is 0.223 e. The Labute approximate surface area is 172 Å². The van der Waals surface area contributed by atoms with Gasteiger partial charge >= 0.3 is 0 Å². The second-order valence-corrected chi connectivity index (χ2v) is 8.19. The molecule has 0 saturated heterocycles. The fraction of sp³-hybridized carbons (Fsp3) is 0.375. The van der Waals surface area contributed by atoms with E-state index in [2.05, 4.69) is 54.3 Å². The average Bonchev–Trinajstić information content (AvgIpc) is 2.68. The molecule has 0 aliphatic carbocycles. The van der Waals surface area contributed by atoms with Gasteiger partial charge in [-0.2, -0.15) is 0 Å². The number of amides is 1. The molecule has 0 fully saturated rings. The number of hydrogen-bond acceptors (Lipinski definition) is 4. The largest absolute Gasteiger partial charge is 0.383 e. The van der Waals surface area contributed by atoms with Gasteiger partial charge < -0.3 is 11.1 Å². The van der Waals surface area contributed by atoms with Crippen molar-refractivity contribution in [3.05, 3.63) is 53.7 Å². The Balaban J connectivity index is 1.82. The summed E-state index contributed by atoms with van der Waals surface area (Å²) in [4.78, 5) is 21.5. The standard InChI is InChI=1S/C24H30N4O/c1-15(2)9-11-27-24(29)17(4)12-20-14-19-13-18(7-8-21(19)28-23(20)25)22-16(3)6-5-10-26-22/h5-8,10,13-15,17H,9,11-12H2,1-4H3,(H2,25,28)(H,27,29). The van der Waals surface area contributed by atoms with Crippen LogP contribution in [0.5, 0.6) is 0 Å². The van der Waals surface area contributed by atoms with Gasteiger partial charge in [0.1, 0.15) is 5.82 Å². The number of anilines is 1. The zero-order valence-corrected chi connectivity index (χ0v) is 17.7. The van der Waals surface area contributed by atoms with E-state index in [0.717, 1.165) is 39.7 Å². The Morgan fingerprint density at radius 3 is 2.69 bits per heavy atom. The molecule has 1 amide bonds. The zero-order chi connectivity index (χ0) is 21.0. The Morgan fingerprint density at radius 1 is 1.17 bits per heavy atom. The van der Waals surface area contributed by atoms with E-state index in [1.54, 1.807) is 6.20 Å². The van der Waals surface area contributed by atoms with E-state index in [4.69, 9.17) is 5.73 Å². The van der Waals surface area contributed by atoms with E-state index in [1.807, 2.05) is 25.1 Å². The first-order valence-corrected chi connectivity index (χ1v) is 10.2. The second kappa shape index (κ2) is 9.03. The molecule has 2 aromatic heterocycles. The number of benzene rings is 1. The van der Waals surface area contributed by atoms with Crippen LogP contribution < -0.4 is 11.1 Å². The van der Waals surface area contributed by atoms with E-state index >= 15 is 0 Å². The minimum absolute atomic E-state index is 0.0583. The molecule has 0 saturated carbocycles. The number of hydrogen-bond donors (Lipinski definition) is 2. The van der Waals surface area contributed by atoms with Gasteiger partial charge in [0.25, 0.3) is 0 Å². The third-order valence-electron chi connectivity index (χ3n) is 5.20. The van der Waals surface area contributed by atoms with Crippen molar-refractivity contribution < 1.29 is 4.79 Å². The van der Waals surface area contributed by atoms with Gasteiger partial charge in [0.15, 0.2) is 0 Å². The highest BCUT2D eigenvalue weighted by molar-refractivity contribution is 5.86. The van der Waals surface area contributed by atoms with E-state index in [1.165, 1.54) is 0 Å². The van der Waals surface area contributed by atoms with Gasteiger partial charge in [-0.25, -0.2) is 4.98 Å². The summed E-state index contributed by atoms with van der Waals surface area (Å²) in [5.74, 6) is 0.955. The molecule has 5 nitrogen and oxygen atoms in total. The monoisotopic (exact) mass is 390 g/mol. The molecule has 3 aromatic rings. The third kappa shape index (κ3) is 5.11. The van der Waals surface area contributed by atoms with Crippen molar-refractivity contribution in [3.8, 4) is 11.3 Å². The summed E-state index contributed by atoms with van der Waals surface area (Å²) in [6.07, 6.45) is 3.35. The van der Waals surface area contributed by atoms with Gasteiger partial charge in [-0.1, -0.05) is 32.9 Å². The summed E-state index contributed by atoms with van der Waals surface area (Å²) in [5, 5.41) is 4.02. The number of carbonyl (C=O) groups is 1. The highest BCUT2D eigenvalue weighted by Gasteiger charge is 2.16. The molecule has 2 heterocycles. The highest BCUT2D eigenvalue weighted by atomic mass is 16.1. The van der Waals surface area contributed by atoms with Gasteiger partial charge in [0, 0.05) is 29.6 Å². The summed E-state index contributed by atoms with van der Waals surface area (Å²) >= 11 is 0. The highest BCUT2D eigenvalue weighted by Crippen LogP contribution is 2.27. The fourth-order valence-electron chi connectivity index (χ4n) is 3.41. The lowest BCUT2D eigenvalue weighted by Gasteiger charge is -2.15. The van der Waals surface area contributed by atoms with Crippen LogP contribution in [0.4, 0.5) is 5.82 Å². The molecule has 1 atom stereocenters. The van der Waals surface area contributed by atoms with E-state index in [0.29, 0.717) is 24.7 Å². The number of aromatic nitrogens is 2. The number of aryl methyl sites for hydroxylation is 1. The number of nitrogen functional groups attached to an aromatic ring is 1. The van der Waals surface area contributed by atoms with Crippen LogP contribution in [-0.4, -0.2) is 22.4 Å². The second-order valence-electron chi connectivity index (χ2n) is 8.19. The summed E-state index contributed by atoms with van der Waals surface area (Å²) in [6, 6.07) is 12.1. The molecule has 3 N–H and O–H groups in total. The topological polar surface area (TPSA) is 80.9 Å². The first-order chi connectivity index (χ1) is 13.8. The Morgan fingerprint density at radius 2 is 1.97 bits per heavy atom. The predicted octanol–water partition coefficient (Wildman–Crippen LogP) is 4.53. The van der Waals surface area contributed by atoms with Crippen molar-refractivity contribution in [2.75, 3.05) is 12.3 Å². The van der Waals surface area contributed by atoms with Crippen LogP contribution in [0.3, 0.4) is 0 Å². The van der Waals surface area contributed by atoms with Crippen LogP contribution >= 0.6 is 0 Å². The van der Waals surface area contributed by atoms with Crippen molar-refractivity contribution in [2.24, 2.45) is 11.8 Å². The quantitative estimate of drug-likeness (QED) is 0.621. The summed E-state index contributed by atoms with van der Waals surface area (Å²) < 4.78 is 0. The average molecular weight is 391 g/mol. The molecule has 0 aliphatic rings. The predicted molar refractivity (Wildman–Crippen MR) is 119 cm³/mol. The van der Waals surface area contributed by atoms with Crippen molar-refractivity contribution in [1.29, 1.82) is 0 Å². The third-order valence-corrected chi connectivity index (χ3v) is 5.20. The van der Waals surface area contributed by atoms with Crippen molar-refractivity contribution in [1.82, 2.24) is 15.3 Å². The van der Waals surface area contributed by atoms with Gasteiger partial charge in [-0.3, -0.25) is 9.78 Å². The van der Waals surface area contributed by atoms with Gasteiger partial charge in [-0.15, -0.1) is 0 Å². The molecule has 3 rings (SSSR count). The number of pyridine rings is 2. The van der Waals surface area contributed by atoms with Crippen LogP contribution in [0.15, 0.2) is 42.6 Å². The maximum absolute atomic E-state index is 12.4. The van der Waals surface area contributed by atoms with Crippen molar-refractivity contribution >= 4 is 22.6 Å². The molecule has 5 heteroatoms. The van der Waals surface area contributed by atoms with Crippen LogP contribution in [0.2, 0.25) is 0 Å². The van der Waals surface area contributed by atoms with Crippen molar-refractivity contribution in [2.45, 2.75) is 40.5 Å². The molecule has 1 unspecified atom stereocenters. The van der Waals surface area contributed by atoms with Crippen molar-refractivity contribution in [3.63, 3.8) is 0 Å². The maximum atomic E-state index is 12.4. The molecular formula is C24H30N4O. The number of carbonyl (C=O) groups excluding carboxylic acids is 1. The molecule has 1 aromatic carbocycles. The lowest BCUT2D eigenvalue weighted by atomic mass is 9.98. The van der Waals surface area contributed by atoms with Crippen LogP contribution in [0.1, 0.15) is 38.3 Å². The molecule has 0 radical (unpaired) electrons. The van der Waals surface area contributed by atoms with Crippen LogP contribution in [0.25, 0.3) is 22.2 Å². The van der Waals surface area contributed by atoms with E-state index < -0.39 is 0 Å². The molecule has 152 valence electrons. The lowest BCUT2D eigenvalue weighted by molar-refractivity contribution is -0.124. The first-order valence-electron chi connectivity index (χ1n) is 10.2. The lowest BCUT2D eigenvalue weighted by Crippen LogP contribution is -2.31. The number of nitrogens with one attached hydrogen (secondary N) is 1. The molecule has 0 bridgehead atoms. The number of rotatable bonds is 7. The summed E-state index contributed by atoms with van der Waals surface area (Å²) in [5.41, 5.74) is 11.1. The SMILES string of the molecule is Cc1cccnc1-c1ccc2nc(N)c(CC(C)C(=O)NCCC(C)C)cc2c1. The number of fused-ring (bicyclic) bond motifs is 1. The first kappa shape index (κ1) is 20.8. The smallest absolute Gasteiger partial charge is 0.223 e. The fourth-order valence-corrected chi connectivity index (χ4v) is 3.41. The van der Waals surface area contributed by atoms with E-state index in [-0.39, 0.29) is 11.8 Å². The van der Waals surface area contributed by atoms with Crippen LogP contribution in [-0.2, 0) is 11.2 Å². The van der Waals surface area contributed by atoms with E-state index in [9.17, 15) is 4.79 Å². The Hall–Kier alpha value is -2.95. The minimum Gasteiger partial charge on any atom is -0.383 e. The molecule has 0 aliphatic heterocycles. The summed E-state index contributed by atoms with van der Waals surface area (Å²) in [6.45, 7) is 9.00. The normalized spacial score (nSPS) is 12.3.